The highest BCUT2D eigenvalue weighted by Crippen LogP contribution is 2.38. The van der Waals surface area contributed by atoms with Crippen LogP contribution in [-0.2, 0) is 6.42 Å². The third kappa shape index (κ3) is 3.73. The summed E-state index contributed by atoms with van der Waals surface area (Å²) in [6.07, 6.45) is 5.66. The Balaban J connectivity index is 1.27. The highest BCUT2D eigenvalue weighted by Gasteiger charge is 2.25. The van der Waals surface area contributed by atoms with Crippen LogP contribution in [0.2, 0.25) is 0 Å². The zero-order valence-corrected chi connectivity index (χ0v) is 16.1. The lowest BCUT2D eigenvalue weighted by Gasteiger charge is -2.26. The maximum absolute atomic E-state index is 12.1. The number of carbonyl (C=O) groups is 1. The van der Waals surface area contributed by atoms with Gasteiger partial charge < -0.3 is 14.8 Å². The van der Waals surface area contributed by atoms with Crippen LogP contribution in [0.25, 0.3) is 0 Å². The van der Waals surface area contributed by atoms with E-state index < -0.39 is 0 Å². The molecule has 28 heavy (non-hydrogen) atoms. The minimum atomic E-state index is -0.0688. The van der Waals surface area contributed by atoms with Gasteiger partial charge in [0.05, 0.1) is 6.20 Å². The van der Waals surface area contributed by atoms with Gasteiger partial charge in [0.2, 0.25) is 0 Å². The van der Waals surface area contributed by atoms with Gasteiger partial charge in [0.15, 0.2) is 0 Å². The predicted molar refractivity (Wildman–Crippen MR) is 107 cm³/mol. The predicted octanol–water partition coefficient (Wildman–Crippen LogP) is 4.89. The SMILES string of the molecule is O=C(NC1CC1)c1cnc(Oc2ccc3c(c2)CCC(c2ccccc2)O3)s1. The maximum atomic E-state index is 12.1. The molecule has 0 radical (unpaired) electrons. The monoisotopic (exact) mass is 392 g/mol. The van der Waals surface area contributed by atoms with E-state index in [-0.39, 0.29) is 12.0 Å². The third-order valence-corrected chi connectivity index (χ3v) is 5.85. The Kier molecular flexibility index (Phi) is 4.49. The second kappa shape index (κ2) is 7.28. The average Bonchev–Trinajstić information content (AvgIpc) is 3.42. The Labute approximate surface area is 167 Å². The molecule has 1 aliphatic heterocycles. The van der Waals surface area contributed by atoms with Gasteiger partial charge >= 0.3 is 0 Å². The molecule has 2 heterocycles. The fraction of sp³-hybridized carbons (Fsp3) is 0.273. The number of hydrogen-bond acceptors (Lipinski definition) is 5. The number of hydrogen-bond donors (Lipinski definition) is 1. The Morgan fingerprint density at radius 1 is 1.14 bits per heavy atom. The van der Waals surface area contributed by atoms with Gasteiger partial charge in [-0.15, -0.1) is 0 Å². The lowest BCUT2D eigenvalue weighted by molar-refractivity contribution is 0.0955. The van der Waals surface area contributed by atoms with Crippen LogP contribution in [-0.4, -0.2) is 16.9 Å². The number of aryl methyl sites for hydroxylation is 1. The van der Waals surface area contributed by atoms with E-state index in [0.717, 1.165) is 37.0 Å². The van der Waals surface area contributed by atoms with E-state index in [4.69, 9.17) is 9.47 Å². The summed E-state index contributed by atoms with van der Waals surface area (Å²) in [4.78, 5) is 16.9. The number of amides is 1. The summed E-state index contributed by atoms with van der Waals surface area (Å²) >= 11 is 1.26. The molecule has 6 heteroatoms. The number of fused-ring (bicyclic) bond motifs is 1. The first-order valence-electron chi connectivity index (χ1n) is 9.54. The molecule has 0 saturated heterocycles. The number of nitrogens with zero attached hydrogens (tertiary/aromatic N) is 1. The molecule has 2 aromatic carbocycles. The van der Waals surface area contributed by atoms with E-state index in [0.29, 0.717) is 21.9 Å². The van der Waals surface area contributed by atoms with Crippen molar-refractivity contribution in [1.29, 1.82) is 0 Å². The quantitative estimate of drug-likeness (QED) is 0.671. The van der Waals surface area contributed by atoms with E-state index in [2.05, 4.69) is 22.4 Å². The first-order chi connectivity index (χ1) is 13.7. The van der Waals surface area contributed by atoms with Crippen molar-refractivity contribution in [3.8, 4) is 16.7 Å². The molecule has 1 atom stereocenters. The molecule has 2 aliphatic rings. The molecule has 1 amide bonds. The van der Waals surface area contributed by atoms with Crippen molar-refractivity contribution < 1.29 is 14.3 Å². The number of nitrogens with one attached hydrogen (secondary N) is 1. The molecular weight excluding hydrogens is 372 g/mol. The zero-order chi connectivity index (χ0) is 18.9. The van der Waals surface area contributed by atoms with Crippen LogP contribution in [0.3, 0.4) is 0 Å². The van der Waals surface area contributed by atoms with Gasteiger partial charge in [0.1, 0.15) is 22.5 Å². The molecular formula is C22H20N2O3S. The fourth-order valence-electron chi connectivity index (χ4n) is 3.33. The molecule has 1 saturated carbocycles. The minimum absolute atomic E-state index is 0.0688. The van der Waals surface area contributed by atoms with Crippen LogP contribution in [0.4, 0.5) is 0 Å². The zero-order valence-electron chi connectivity index (χ0n) is 15.3. The summed E-state index contributed by atoms with van der Waals surface area (Å²) in [6, 6.07) is 16.5. The number of rotatable bonds is 5. The van der Waals surface area contributed by atoms with Gasteiger partial charge in [-0.2, -0.15) is 0 Å². The molecule has 3 aromatic rings. The van der Waals surface area contributed by atoms with Crippen LogP contribution in [0.15, 0.2) is 54.7 Å². The Hall–Kier alpha value is -2.86. The summed E-state index contributed by atoms with van der Waals surface area (Å²) in [5.74, 6) is 1.54. The second-order valence-electron chi connectivity index (χ2n) is 7.17. The second-order valence-corrected chi connectivity index (χ2v) is 8.16. The first-order valence-corrected chi connectivity index (χ1v) is 10.4. The molecule has 0 spiro atoms. The molecule has 1 unspecified atom stereocenters. The number of aromatic nitrogens is 1. The normalized spacial score (nSPS) is 18.1. The van der Waals surface area contributed by atoms with Gasteiger partial charge in [-0.1, -0.05) is 41.7 Å². The van der Waals surface area contributed by atoms with Crippen LogP contribution in [0.5, 0.6) is 16.7 Å². The Morgan fingerprint density at radius 3 is 2.82 bits per heavy atom. The molecule has 0 bridgehead atoms. The number of carbonyl (C=O) groups excluding carboxylic acids is 1. The molecule has 1 aromatic heterocycles. The van der Waals surface area contributed by atoms with E-state index in [1.807, 2.05) is 36.4 Å². The van der Waals surface area contributed by atoms with Crippen molar-refractivity contribution >= 4 is 17.2 Å². The minimum Gasteiger partial charge on any atom is -0.485 e. The highest BCUT2D eigenvalue weighted by atomic mass is 32.1. The standard InChI is InChI=1S/C22H20N2O3S/c25-21(24-16-7-8-16)20-13-23-22(28-20)26-17-9-11-19-15(12-17)6-10-18(27-19)14-4-2-1-3-5-14/h1-5,9,11-13,16,18H,6-8,10H2,(H,24,25). The smallest absolute Gasteiger partial charge is 0.279 e. The third-order valence-electron chi connectivity index (χ3n) is 4.97. The van der Waals surface area contributed by atoms with E-state index in [9.17, 15) is 4.79 Å². The van der Waals surface area contributed by atoms with E-state index in [1.54, 1.807) is 6.20 Å². The Bertz CT molecular complexity index is 998. The molecule has 1 fully saturated rings. The molecule has 5 nitrogen and oxygen atoms in total. The van der Waals surface area contributed by atoms with Gasteiger partial charge in [0.25, 0.3) is 11.1 Å². The lowest BCUT2D eigenvalue weighted by atomic mass is 9.97. The van der Waals surface area contributed by atoms with Crippen molar-refractivity contribution in [2.75, 3.05) is 0 Å². The topological polar surface area (TPSA) is 60.5 Å². The summed E-state index contributed by atoms with van der Waals surface area (Å²) in [5.41, 5.74) is 2.33. The average molecular weight is 392 g/mol. The van der Waals surface area contributed by atoms with Crippen molar-refractivity contribution in [3.63, 3.8) is 0 Å². The van der Waals surface area contributed by atoms with Crippen molar-refractivity contribution in [3.05, 3.63) is 70.7 Å². The summed E-state index contributed by atoms with van der Waals surface area (Å²) in [5, 5.41) is 3.44. The number of ether oxygens (including phenoxy) is 2. The first kappa shape index (κ1) is 17.3. The summed E-state index contributed by atoms with van der Waals surface area (Å²) < 4.78 is 12.1. The van der Waals surface area contributed by atoms with E-state index in [1.165, 1.54) is 16.9 Å². The van der Waals surface area contributed by atoms with Crippen LogP contribution < -0.4 is 14.8 Å². The van der Waals surface area contributed by atoms with Gasteiger partial charge in [-0.25, -0.2) is 4.98 Å². The largest absolute Gasteiger partial charge is 0.485 e. The van der Waals surface area contributed by atoms with Crippen molar-refractivity contribution in [2.45, 2.75) is 37.8 Å². The number of thiazole rings is 1. The summed E-state index contributed by atoms with van der Waals surface area (Å²) in [6.45, 7) is 0. The van der Waals surface area contributed by atoms with Crippen molar-refractivity contribution in [2.24, 2.45) is 0 Å². The van der Waals surface area contributed by atoms with Crippen LogP contribution >= 0.6 is 11.3 Å². The van der Waals surface area contributed by atoms with Crippen LogP contribution in [0, 0.1) is 0 Å². The lowest BCUT2D eigenvalue weighted by Crippen LogP contribution is -2.24. The van der Waals surface area contributed by atoms with Crippen LogP contribution in [0.1, 0.15) is 46.2 Å². The fourth-order valence-corrected chi connectivity index (χ4v) is 4.01. The summed E-state index contributed by atoms with van der Waals surface area (Å²) in [7, 11) is 0. The van der Waals surface area contributed by atoms with Gasteiger partial charge in [-0.05, 0) is 55.0 Å². The molecule has 1 aliphatic carbocycles. The van der Waals surface area contributed by atoms with Gasteiger partial charge in [-0.3, -0.25) is 4.79 Å². The van der Waals surface area contributed by atoms with E-state index >= 15 is 0 Å². The van der Waals surface area contributed by atoms with Crippen molar-refractivity contribution in [1.82, 2.24) is 10.3 Å². The highest BCUT2D eigenvalue weighted by molar-refractivity contribution is 7.15. The molecule has 142 valence electrons. The molecule has 1 N–H and O–H groups in total. The molecule has 5 rings (SSSR count). The maximum Gasteiger partial charge on any atom is 0.279 e. The Morgan fingerprint density at radius 2 is 2.00 bits per heavy atom. The number of benzene rings is 2. The van der Waals surface area contributed by atoms with Gasteiger partial charge in [0, 0.05) is 6.04 Å².